The number of anilines is 1. The van der Waals surface area contributed by atoms with E-state index in [1.54, 1.807) is 18.3 Å². The number of rotatable bonds is 4. The first kappa shape index (κ1) is 17.2. The van der Waals surface area contributed by atoms with Crippen molar-refractivity contribution in [3.05, 3.63) is 59.0 Å². The van der Waals surface area contributed by atoms with Gasteiger partial charge in [-0.1, -0.05) is 22.5 Å². The van der Waals surface area contributed by atoms with E-state index >= 15 is 0 Å². The molecule has 0 saturated carbocycles. The van der Waals surface area contributed by atoms with Crippen LogP contribution in [0.1, 0.15) is 6.92 Å². The zero-order valence-electron chi connectivity index (χ0n) is 13.3. The van der Waals surface area contributed by atoms with E-state index in [9.17, 15) is 9.18 Å². The molecule has 5 nitrogen and oxygen atoms in total. The molecule has 3 rings (SSSR count). The summed E-state index contributed by atoms with van der Waals surface area (Å²) in [6.45, 7) is 4.87. The highest BCUT2D eigenvalue weighted by Crippen LogP contribution is 2.40. The maximum Gasteiger partial charge on any atom is 0.255 e. The summed E-state index contributed by atoms with van der Waals surface area (Å²) in [5.41, 5.74) is 1.65. The van der Waals surface area contributed by atoms with Crippen molar-refractivity contribution in [1.29, 1.82) is 0 Å². The second-order valence-corrected chi connectivity index (χ2v) is 6.10. The molecule has 1 aliphatic heterocycles. The Morgan fingerprint density at radius 2 is 2.08 bits per heavy atom. The van der Waals surface area contributed by atoms with Gasteiger partial charge in [0.1, 0.15) is 11.6 Å². The Balaban J connectivity index is 1.82. The van der Waals surface area contributed by atoms with Gasteiger partial charge in [0.25, 0.3) is 5.91 Å². The third-order valence-corrected chi connectivity index (χ3v) is 4.31. The summed E-state index contributed by atoms with van der Waals surface area (Å²) in [4.78, 5) is 16.1. The van der Waals surface area contributed by atoms with Gasteiger partial charge < -0.3 is 14.8 Å². The zero-order valence-corrected chi connectivity index (χ0v) is 14.9. The number of benzene rings is 1. The molecule has 1 aliphatic rings. The van der Waals surface area contributed by atoms with Crippen molar-refractivity contribution in [2.45, 2.75) is 6.92 Å². The number of nitrogens with one attached hydrogen (secondary N) is 1. The maximum absolute atomic E-state index is 13.4. The van der Waals surface area contributed by atoms with E-state index in [1.165, 1.54) is 6.92 Å². The van der Waals surface area contributed by atoms with Crippen LogP contribution in [0.3, 0.4) is 0 Å². The molecule has 0 bridgehead atoms. The van der Waals surface area contributed by atoms with Crippen LogP contribution >= 0.6 is 15.9 Å². The monoisotopic (exact) mass is 404 g/mol. The predicted molar refractivity (Wildman–Crippen MR) is 96.1 cm³/mol. The number of fused-ring (bicyclic) bond motifs is 1. The molecule has 0 spiro atoms. The van der Waals surface area contributed by atoms with Crippen LogP contribution in [-0.2, 0) is 4.79 Å². The number of carbonyl (C=O) groups excluding carboxylic acids is 1. The van der Waals surface area contributed by atoms with Crippen LogP contribution in [0.5, 0.6) is 11.5 Å². The average molecular weight is 405 g/mol. The Bertz CT molecular complexity index is 879. The van der Waals surface area contributed by atoms with Crippen molar-refractivity contribution in [2.75, 3.05) is 12.1 Å². The van der Waals surface area contributed by atoms with E-state index in [1.807, 2.05) is 12.1 Å². The van der Waals surface area contributed by atoms with Gasteiger partial charge in [0.15, 0.2) is 11.5 Å². The molecule has 1 aromatic heterocycles. The van der Waals surface area contributed by atoms with Gasteiger partial charge in [-0.05, 0) is 37.3 Å². The smallest absolute Gasteiger partial charge is 0.255 e. The lowest BCUT2D eigenvalue weighted by Gasteiger charge is -2.08. The first-order chi connectivity index (χ1) is 12.0. The number of pyridine rings is 1. The molecule has 0 atom stereocenters. The highest BCUT2D eigenvalue weighted by Gasteiger charge is 2.17. The molecule has 0 saturated heterocycles. The summed E-state index contributed by atoms with van der Waals surface area (Å²) in [6, 6.07) is 7.13. The topological polar surface area (TPSA) is 60.5 Å². The number of carbonyl (C=O) groups is 1. The van der Waals surface area contributed by atoms with Gasteiger partial charge in [-0.3, -0.25) is 4.79 Å². The van der Waals surface area contributed by atoms with E-state index in [2.05, 4.69) is 32.8 Å². The fourth-order valence-electron chi connectivity index (χ4n) is 2.24. The molecule has 128 valence electrons. The third kappa shape index (κ3) is 3.56. The summed E-state index contributed by atoms with van der Waals surface area (Å²) in [7, 11) is 0. The van der Waals surface area contributed by atoms with Crippen LogP contribution < -0.4 is 14.8 Å². The van der Waals surface area contributed by atoms with Crippen LogP contribution in [0.2, 0.25) is 0 Å². The second-order valence-electron chi connectivity index (χ2n) is 5.25. The largest absolute Gasteiger partial charge is 0.454 e. The van der Waals surface area contributed by atoms with Crippen LogP contribution in [0, 0.1) is 0 Å². The van der Waals surface area contributed by atoms with Crippen LogP contribution in [0.4, 0.5) is 10.2 Å². The van der Waals surface area contributed by atoms with Crippen LogP contribution in [0.25, 0.3) is 11.1 Å². The Morgan fingerprint density at radius 3 is 2.72 bits per heavy atom. The van der Waals surface area contributed by atoms with Crippen LogP contribution in [0.15, 0.2) is 59.0 Å². The lowest BCUT2D eigenvalue weighted by atomic mass is 10.1. The number of aromatic nitrogens is 1. The highest BCUT2D eigenvalue weighted by molar-refractivity contribution is 9.10. The third-order valence-electron chi connectivity index (χ3n) is 3.66. The van der Waals surface area contributed by atoms with E-state index in [-0.39, 0.29) is 12.4 Å². The quantitative estimate of drug-likeness (QED) is 0.596. The molecule has 1 N–H and O–H groups in total. The van der Waals surface area contributed by atoms with E-state index in [4.69, 9.17) is 9.47 Å². The number of amides is 1. The minimum Gasteiger partial charge on any atom is -0.454 e. The molecular formula is C18H14BrFN2O3. The summed E-state index contributed by atoms with van der Waals surface area (Å²) in [6.07, 6.45) is 2.60. The van der Waals surface area contributed by atoms with Gasteiger partial charge in [0, 0.05) is 27.4 Å². The number of hydrogen-bond acceptors (Lipinski definition) is 4. The number of allylic oxidation sites excluding steroid dienone is 2. The Kier molecular flexibility index (Phi) is 4.85. The first-order valence-electron chi connectivity index (χ1n) is 7.35. The first-order valence-corrected chi connectivity index (χ1v) is 8.14. The summed E-state index contributed by atoms with van der Waals surface area (Å²) in [5.74, 6) is 0.428. The summed E-state index contributed by atoms with van der Waals surface area (Å²) >= 11 is 3.50. The second kappa shape index (κ2) is 7.06. The Labute approximate surface area is 152 Å². The molecule has 7 heteroatoms. The molecule has 0 fully saturated rings. The van der Waals surface area contributed by atoms with Crippen LogP contribution in [-0.4, -0.2) is 17.7 Å². The number of hydrogen-bond donors (Lipinski definition) is 1. The van der Waals surface area contributed by atoms with Gasteiger partial charge >= 0.3 is 0 Å². The lowest BCUT2D eigenvalue weighted by Crippen LogP contribution is -2.14. The van der Waals surface area contributed by atoms with Crippen molar-refractivity contribution in [3.63, 3.8) is 0 Å². The summed E-state index contributed by atoms with van der Waals surface area (Å²) in [5, 5.41) is 2.54. The zero-order chi connectivity index (χ0) is 18.0. The van der Waals surface area contributed by atoms with Gasteiger partial charge in [-0.2, -0.15) is 0 Å². The number of nitrogens with zero attached hydrogens (tertiary/aromatic N) is 1. The minimum absolute atomic E-state index is 0.0561. The number of halogens is 2. The molecule has 25 heavy (non-hydrogen) atoms. The van der Waals surface area contributed by atoms with E-state index in [0.717, 1.165) is 21.7 Å². The van der Waals surface area contributed by atoms with Crippen molar-refractivity contribution in [2.24, 2.45) is 0 Å². The maximum atomic E-state index is 13.4. The van der Waals surface area contributed by atoms with Crippen molar-refractivity contribution in [1.82, 2.24) is 4.98 Å². The molecule has 1 aromatic carbocycles. The molecule has 0 aliphatic carbocycles. The Morgan fingerprint density at radius 1 is 1.36 bits per heavy atom. The fraction of sp³-hybridized carbons (Fsp3) is 0.111. The van der Waals surface area contributed by atoms with Gasteiger partial charge in [-0.15, -0.1) is 0 Å². The lowest BCUT2D eigenvalue weighted by molar-refractivity contribution is -0.112. The number of ether oxygens (including phenoxy) is 2. The fourth-order valence-corrected chi connectivity index (χ4v) is 2.79. The van der Waals surface area contributed by atoms with Gasteiger partial charge in [0.2, 0.25) is 6.79 Å². The van der Waals surface area contributed by atoms with Crippen molar-refractivity contribution < 1.29 is 18.7 Å². The molecule has 0 radical (unpaired) electrons. The Hall–Kier alpha value is -2.67. The highest BCUT2D eigenvalue weighted by atomic mass is 79.9. The molecular weight excluding hydrogens is 391 g/mol. The van der Waals surface area contributed by atoms with Crippen molar-refractivity contribution >= 4 is 27.7 Å². The SMILES string of the molecule is C=CC(F)=C(C)C(=O)Nc1ccc(-c2cc3c(cc2Br)OCO3)cn1. The average Bonchev–Trinajstić information content (AvgIpc) is 3.07. The van der Waals surface area contributed by atoms with Gasteiger partial charge in [-0.25, -0.2) is 9.37 Å². The molecule has 1 amide bonds. The minimum atomic E-state index is -0.668. The van der Waals surface area contributed by atoms with E-state index in [0.29, 0.717) is 17.3 Å². The molecule has 0 unspecified atom stereocenters. The standard InChI is InChI=1S/C18H14BrFN2O3/c1-3-14(20)10(2)18(23)22-17-5-4-11(8-21-17)12-6-15-16(7-13(12)19)25-9-24-15/h3-8H,1,9H2,2H3,(H,21,22,23). The van der Waals surface area contributed by atoms with Crippen molar-refractivity contribution in [3.8, 4) is 22.6 Å². The summed E-state index contributed by atoms with van der Waals surface area (Å²) < 4.78 is 24.9. The molecule has 2 heterocycles. The normalized spacial score (nSPS) is 13.2. The molecule has 2 aromatic rings. The van der Waals surface area contributed by atoms with E-state index < -0.39 is 11.7 Å². The predicted octanol–water partition coefficient (Wildman–Crippen LogP) is 4.61. The van der Waals surface area contributed by atoms with Gasteiger partial charge in [0.05, 0.1) is 0 Å².